The summed E-state index contributed by atoms with van der Waals surface area (Å²) in [4.78, 5) is 34.3. The number of amides is 1. The number of ether oxygens (including phenoxy) is 2. The highest BCUT2D eigenvalue weighted by Crippen LogP contribution is 2.30. The summed E-state index contributed by atoms with van der Waals surface area (Å²) in [5.74, 6) is 1.33. The summed E-state index contributed by atoms with van der Waals surface area (Å²) in [6.45, 7) is 8.28. The van der Waals surface area contributed by atoms with E-state index in [0.29, 0.717) is 31.2 Å². The van der Waals surface area contributed by atoms with Crippen LogP contribution in [0.4, 0.5) is 10.6 Å². The molecule has 158 valence electrons. The van der Waals surface area contributed by atoms with Crippen molar-refractivity contribution in [3.05, 3.63) is 24.7 Å². The first-order valence-corrected chi connectivity index (χ1v) is 10.0. The number of aromatic nitrogens is 4. The third-order valence-corrected chi connectivity index (χ3v) is 4.94. The van der Waals surface area contributed by atoms with E-state index in [0.717, 1.165) is 35.1 Å². The van der Waals surface area contributed by atoms with Gasteiger partial charge in [-0.15, -0.1) is 0 Å². The Morgan fingerprint density at radius 3 is 2.67 bits per heavy atom. The highest BCUT2D eigenvalue weighted by Gasteiger charge is 2.26. The molecule has 1 aliphatic heterocycles. The Morgan fingerprint density at radius 1 is 1.07 bits per heavy atom. The Morgan fingerprint density at radius 2 is 1.90 bits per heavy atom. The second kappa shape index (κ2) is 7.89. The monoisotopic (exact) mass is 410 g/mol. The van der Waals surface area contributed by atoms with Gasteiger partial charge in [-0.3, -0.25) is 0 Å². The maximum atomic E-state index is 12.5. The number of methoxy groups -OCH3 is 1. The van der Waals surface area contributed by atoms with E-state index in [-0.39, 0.29) is 6.09 Å². The summed E-state index contributed by atoms with van der Waals surface area (Å²) in [6, 6.07) is 3.75. The van der Waals surface area contributed by atoms with Crippen molar-refractivity contribution in [1.82, 2.24) is 24.8 Å². The minimum atomic E-state index is -0.508. The number of fused-ring (bicyclic) bond motifs is 3. The van der Waals surface area contributed by atoms with Crippen LogP contribution in [0.15, 0.2) is 24.7 Å². The van der Waals surface area contributed by atoms with Crippen molar-refractivity contribution in [2.24, 2.45) is 0 Å². The third kappa shape index (κ3) is 4.05. The van der Waals surface area contributed by atoms with E-state index in [1.54, 1.807) is 24.5 Å². The van der Waals surface area contributed by atoms with Gasteiger partial charge in [0, 0.05) is 37.6 Å². The Hall–Kier alpha value is -3.23. The first-order valence-electron chi connectivity index (χ1n) is 10.0. The summed E-state index contributed by atoms with van der Waals surface area (Å²) < 4.78 is 10.8. The lowest BCUT2D eigenvalue weighted by Crippen LogP contribution is -2.39. The van der Waals surface area contributed by atoms with Gasteiger partial charge in [0.05, 0.1) is 24.2 Å². The van der Waals surface area contributed by atoms with Crippen LogP contribution >= 0.6 is 0 Å². The zero-order chi connectivity index (χ0) is 21.3. The van der Waals surface area contributed by atoms with Crippen molar-refractivity contribution in [2.45, 2.75) is 32.8 Å². The largest absolute Gasteiger partial charge is 0.481 e. The van der Waals surface area contributed by atoms with Gasteiger partial charge in [-0.25, -0.2) is 19.7 Å². The molecule has 0 atom stereocenters. The summed E-state index contributed by atoms with van der Waals surface area (Å²) in [5, 5.41) is 1.78. The molecule has 4 heterocycles. The van der Waals surface area contributed by atoms with Gasteiger partial charge >= 0.3 is 6.09 Å². The van der Waals surface area contributed by atoms with E-state index in [9.17, 15) is 4.79 Å². The average molecular weight is 410 g/mol. The van der Waals surface area contributed by atoms with Crippen molar-refractivity contribution in [3.8, 4) is 5.88 Å². The van der Waals surface area contributed by atoms with Gasteiger partial charge in [-0.2, -0.15) is 4.98 Å². The van der Waals surface area contributed by atoms with Crippen LogP contribution in [0, 0.1) is 0 Å². The molecule has 3 aromatic heterocycles. The van der Waals surface area contributed by atoms with Crippen molar-refractivity contribution in [1.29, 1.82) is 0 Å². The number of hydrogen-bond donors (Lipinski definition) is 0. The lowest BCUT2D eigenvalue weighted by Gasteiger charge is -2.27. The van der Waals surface area contributed by atoms with E-state index in [4.69, 9.17) is 9.47 Å². The predicted molar refractivity (Wildman–Crippen MR) is 114 cm³/mol. The Kier molecular flexibility index (Phi) is 5.27. The van der Waals surface area contributed by atoms with Crippen LogP contribution in [0.2, 0.25) is 0 Å². The molecule has 0 spiro atoms. The van der Waals surface area contributed by atoms with Gasteiger partial charge in [0.2, 0.25) is 5.88 Å². The van der Waals surface area contributed by atoms with Crippen LogP contribution in [0.3, 0.4) is 0 Å². The smallest absolute Gasteiger partial charge is 0.410 e. The summed E-state index contributed by atoms with van der Waals surface area (Å²) in [6.07, 6.45) is 3.81. The Balaban J connectivity index is 1.66. The minimum absolute atomic E-state index is 0.275. The highest BCUT2D eigenvalue weighted by atomic mass is 16.6. The molecule has 0 radical (unpaired) electrons. The van der Waals surface area contributed by atoms with E-state index >= 15 is 0 Å². The summed E-state index contributed by atoms with van der Waals surface area (Å²) >= 11 is 0. The number of nitrogens with zero attached hydrogens (tertiary/aromatic N) is 6. The van der Waals surface area contributed by atoms with Crippen molar-refractivity contribution < 1.29 is 14.3 Å². The van der Waals surface area contributed by atoms with E-state index in [1.807, 2.05) is 32.9 Å². The zero-order valence-corrected chi connectivity index (χ0v) is 17.8. The van der Waals surface area contributed by atoms with Crippen LogP contribution < -0.4 is 9.64 Å². The van der Waals surface area contributed by atoms with Gasteiger partial charge in [0.1, 0.15) is 17.7 Å². The van der Waals surface area contributed by atoms with Crippen LogP contribution in [0.1, 0.15) is 27.2 Å². The quantitative estimate of drug-likeness (QED) is 0.595. The Bertz CT molecular complexity index is 1080. The van der Waals surface area contributed by atoms with Gasteiger partial charge in [-0.05, 0) is 33.3 Å². The minimum Gasteiger partial charge on any atom is -0.481 e. The second-order valence-corrected chi connectivity index (χ2v) is 8.25. The molecule has 0 bridgehead atoms. The fourth-order valence-electron chi connectivity index (χ4n) is 3.58. The standard InChI is InChI=1S/C21H26N6O3/c1-21(2,3)30-20(28)27-9-5-8-26(10-11-27)19-17-14-6-7-16(29-4)25-18(14)22-12-15(17)23-13-24-19/h6-7,12-13H,5,8-11H2,1-4H3. The molecule has 0 saturated carbocycles. The molecule has 1 saturated heterocycles. The first kappa shape index (κ1) is 20.1. The molecule has 0 unspecified atom stereocenters. The van der Waals surface area contributed by atoms with E-state index < -0.39 is 5.60 Å². The molecule has 0 aromatic carbocycles. The topological polar surface area (TPSA) is 93.6 Å². The fourth-order valence-corrected chi connectivity index (χ4v) is 3.58. The van der Waals surface area contributed by atoms with Gasteiger partial charge < -0.3 is 19.3 Å². The SMILES string of the molecule is COc1ccc2c(ncc3ncnc(N4CCCN(C(=O)OC(C)(C)C)CC4)c32)n1. The molecule has 9 heteroatoms. The van der Waals surface area contributed by atoms with Crippen LogP contribution in [-0.4, -0.2) is 69.8 Å². The molecular weight excluding hydrogens is 384 g/mol. The van der Waals surface area contributed by atoms with Crippen molar-refractivity contribution >= 4 is 33.8 Å². The average Bonchev–Trinajstić information content (AvgIpc) is 2.98. The van der Waals surface area contributed by atoms with Gasteiger partial charge in [0.25, 0.3) is 0 Å². The third-order valence-electron chi connectivity index (χ3n) is 4.94. The lowest BCUT2D eigenvalue weighted by molar-refractivity contribution is 0.0263. The first-order chi connectivity index (χ1) is 14.4. The highest BCUT2D eigenvalue weighted by molar-refractivity contribution is 6.08. The number of carbonyl (C=O) groups is 1. The van der Waals surface area contributed by atoms with E-state index in [1.165, 1.54) is 0 Å². The number of hydrogen-bond acceptors (Lipinski definition) is 8. The summed E-state index contributed by atoms with van der Waals surface area (Å²) in [7, 11) is 1.58. The predicted octanol–water partition coefficient (Wildman–Crippen LogP) is 3.03. The molecule has 0 aliphatic carbocycles. The van der Waals surface area contributed by atoms with Gasteiger partial charge in [0.15, 0.2) is 5.65 Å². The second-order valence-electron chi connectivity index (χ2n) is 8.25. The van der Waals surface area contributed by atoms with E-state index in [2.05, 4.69) is 24.8 Å². The number of anilines is 1. The normalized spacial score (nSPS) is 15.3. The molecule has 1 aliphatic rings. The maximum Gasteiger partial charge on any atom is 0.410 e. The lowest BCUT2D eigenvalue weighted by atomic mass is 10.1. The number of pyridine rings is 2. The van der Waals surface area contributed by atoms with Crippen LogP contribution in [-0.2, 0) is 4.74 Å². The molecular formula is C21H26N6O3. The molecule has 1 amide bonds. The maximum absolute atomic E-state index is 12.5. The van der Waals surface area contributed by atoms with Crippen molar-refractivity contribution in [3.63, 3.8) is 0 Å². The number of carbonyl (C=O) groups excluding carboxylic acids is 1. The van der Waals surface area contributed by atoms with Crippen LogP contribution in [0.5, 0.6) is 5.88 Å². The van der Waals surface area contributed by atoms with Crippen molar-refractivity contribution in [2.75, 3.05) is 38.2 Å². The van der Waals surface area contributed by atoms with Crippen LogP contribution in [0.25, 0.3) is 21.9 Å². The molecule has 30 heavy (non-hydrogen) atoms. The zero-order valence-electron chi connectivity index (χ0n) is 17.8. The molecule has 3 aromatic rings. The molecule has 4 rings (SSSR count). The van der Waals surface area contributed by atoms with Gasteiger partial charge in [-0.1, -0.05) is 0 Å². The molecule has 9 nitrogen and oxygen atoms in total. The fraction of sp³-hybridized carbons (Fsp3) is 0.476. The molecule has 0 N–H and O–H groups in total. The molecule has 1 fully saturated rings. The number of rotatable bonds is 2. The Labute approximate surface area is 175 Å². The summed E-state index contributed by atoms with van der Waals surface area (Å²) in [5.41, 5.74) is 0.835.